The van der Waals surface area contributed by atoms with Crippen LogP contribution in [0.3, 0.4) is 0 Å². The largest absolute Gasteiger partial charge is 0.349 e. The Balaban J connectivity index is 1.93. The van der Waals surface area contributed by atoms with Crippen molar-refractivity contribution in [1.82, 2.24) is 10.3 Å². The first kappa shape index (κ1) is 14.5. The van der Waals surface area contributed by atoms with E-state index < -0.39 is 0 Å². The number of nitrogens with one attached hydrogen (secondary N) is 1. The minimum atomic E-state index is -0.275. The molecule has 1 atom stereocenters. The predicted octanol–water partition coefficient (Wildman–Crippen LogP) is 2.60. The summed E-state index contributed by atoms with van der Waals surface area (Å²) in [7, 11) is 0. The molecule has 0 aromatic carbocycles. The van der Waals surface area contributed by atoms with Gasteiger partial charge >= 0.3 is 0 Å². The van der Waals surface area contributed by atoms with Gasteiger partial charge in [-0.05, 0) is 33.6 Å². The zero-order valence-corrected chi connectivity index (χ0v) is 12.8. The van der Waals surface area contributed by atoms with Crippen molar-refractivity contribution >= 4 is 17.2 Å². The first-order chi connectivity index (χ1) is 8.89. The van der Waals surface area contributed by atoms with Gasteiger partial charge in [-0.15, -0.1) is 11.3 Å². The molecule has 1 heterocycles. The molecule has 4 nitrogen and oxygen atoms in total. The molecule has 1 fully saturated rings. The maximum Gasteiger partial charge on any atom is 0.222 e. The topological polar surface area (TPSA) is 68.0 Å². The van der Waals surface area contributed by atoms with Crippen molar-refractivity contribution in [2.45, 2.75) is 64.5 Å². The normalized spacial score (nSPS) is 19.4. The second kappa shape index (κ2) is 5.59. The molecule has 1 amide bonds. The monoisotopic (exact) mass is 281 g/mol. The van der Waals surface area contributed by atoms with Gasteiger partial charge in [0.15, 0.2) is 0 Å². The van der Waals surface area contributed by atoms with Gasteiger partial charge in [-0.25, -0.2) is 4.98 Å². The van der Waals surface area contributed by atoms with E-state index in [4.69, 9.17) is 5.73 Å². The van der Waals surface area contributed by atoms with Crippen LogP contribution in [0.2, 0.25) is 0 Å². The van der Waals surface area contributed by atoms with Crippen molar-refractivity contribution in [2.24, 2.45) is 5.73 Å². The van der Waals surface area contributed by atoms with E-state index in [-0.39, 0.29) is 17.5 Å². The average molecular weight is 281 g/mol. The Hall–Kier alpha value is -0.940. The lowest BCUT2D eigenvalue weighted by molar-refractivity contribution is -0.122. The number of aryl methyl sites for hydroxylation is 2. The fraction of sp³-hybridized carbons (Fsp3) is 0.714. The summed E-state index contributed by atoms with van der Waals surface area (Å²) in [5.74, 6) is 0.0577. The summed E-state index contributed by atoms with van der Waals surface area (Å²) in [6.45, 7) is 5.99. The number of aromatic nitrogens is 1. The van der Waals surface area contributed by atoms with Crippen LogP contribution in [0.25, 0.3) is 0 Å². The minimum absolute atomic E-state index is 0.0173. The summed E-state index contributed by atoms with van der Waals surface area (Å²) in [4.78, 5) is 17.6. The van der Waals surface area contributed by atoms with Gasteiger partial charge < -0.3 is 11.1 Å². The van der Waals surface area contributed by atoms with Crippen molar-refractivity contribution in [3.05, 3.63) is 15.6 Å². The van der Waals surface area contributed by atoms with Crippen LogP contribution in [-0.2, 0) is 4.79 Å². The summed E-state index contributed by atoms with van der Waals surface area (Å²) < 4.78 is 0. The number of amides is 1. The van der Waals surface area contributed by atoms with E-state index in [1.807, 2.05) is 20.8 Å². The van der Waals surface area contributed by atoms with Gasteiger partial charge in [0.1, 0.15) is 0 Å². The molecule has 1 aromatic rings. The molecule has 1 unspecified atom stereocenters. The zero-order chi connectivity index (χ0) is 14.0. The third-order valence-corrected chi connectivity index (χ3v) is 5.08. The van der Waals surface area contributed by atoms with Crippen LogP contribution in [0.1, 0.15) is 60.6 Å². The van der Waals surface area contributed by atoms with Crippen molar-refractivity contribution in [1.29, 1.82) is 0 Å². The fourth-order valence-corrected chi connectivity index (χ4v) is 3.81. The second-order valence-electron chi connectivity index (χ2n) is 5.72. The molecule has 1 aliphatic rings. The Bertz CT molecular complexity index is 463. The van der Waals surface area contributed by atoms with E-state index in [1.54, 1.807) is 11.3 Å². The fourth-order valence-electron chi connectivity index (χ4n) is 2.88. The van der Waals surface area contributed by atoms with E-state index in [2.05, 4.69) is 10.3 Å². The van der Waals surface area contributed by atoms with Gasteiger partial charge in [0.05, 0.1) is 16.7 Å². The highest BCUT2D eigenvalue weighted by Crippen LogP contribution is 2.30. The Kier molecular flexibility index (Phi) is 4.26. The van der Waals surface area contributed by atoms with Crippen LogP contribution >= 0.6 is 11.3 Å². The molecular formula is C14H23N3OS. The van der Waals surface area contributed by atoms with Gasteiger partial charge in [-0.2, -0.15) is 0 Å². The minimum Gasteiger partial charge on any atom is -0.349 e. The van der Waals surface area contributed by atoms with Crippen LogP contribution in [0.5, 0.6) is 0 Å². The number of nitrogens with zero attached hydrogens (tertiary/aromatic N) is 1. The summed E-state index contributed by atoms with van der Waals surface area (Å²) in [6, 6.07) is 0.0173. The molecule has 1 aliphatic carbocycles. The maximum atomic E-state index is 12.1. The van der Waals surface area contributed by atoms with Crippen molar-refractivity contribution in [2.75, 3.05) is 0 Å². The molecule has 0 aliphatic heterocycles. The molecule has 0 bridgehead atoms. The predicted molar refractivity (Wildman–Crippen MR) is 78.1 cm³/mol. The lowest BCUT2D eigenvalue weighted by Gasteiger charge is -2.23. The smallest absolute Gasteiger partial charge is 0.222 e. The van der Waals surface area contributed by atoms with E-state index >= 15 is 0 Å². The number of hydrogen-bond acceptors (Lipinski definition) is 4. The average Bonchev–Trinajstić information content (AvgIpc) is 2.84. The first-order valence-corrected chi connectivity index (χ1v) is 7.73. The Morgan fingerprint density at radius 2 is 2.11 bits per heavy atom. The highest BCUT2D eigenvalue weighted by molar-refractivity contribution is 7.11. The summed E-state index contributed by atoms with van der Waals surface area (Å²) >= 11 is 1.65. The maximum absolute atomic E-state index is 12.1. The number of nitrogens with two attached hydrogens (primary N) is 1. The Morgan fingerprint density at radius 1 is 1.47 bits per heavy atom. The SMILES string of the molecule is Cc1nc(C)c(C(C)NC(=O)CC2(N)CCCC2)s1. The Labute approximate surface area is 118 Å². The lowest BCUT2D eigenvalue weighted by Crippen LogP contribution is -2.42. The Morgan fingerprint density at radius 3 is 2.63 bits per heavy atom. The molecule has 19 heavy (non-hydrogen) atoms. The standard InChI is InChI=1S/C14H23N3OS/c1-9-13(19-11(3)16-9)10(2)17-12(18)8-14(15)6-4-5-7-14/h10H,4-8,15H2,1-3H3,(H,17,18). The van der Waals surface area contributed by atoms with E-state index in [0.29, 0.717) is 6.42 Å². The molecule has 0 spiro atoms. The molecule has 0 radical (unpaired) electrons. The van der Waals surface area contributed by atoms with Crippen LogP contribution < -0.4 is 11.1 Å². The molecular weight excluding hydrogens is 258 g/mol. The van der Waals surface area contributed by atoms with Gasteiger partial charge in [-0.3, -0.25) is 4.79 Å². The summed E-state index contributed by atoms with van der Waals surface area (Å²) in [5.41, 5.74) is 6.98. The van der Waals surface area contributed by atoms with Crippen LogP contribution in [-0.4, -0.2) is 16.4 Å². The van der Waals surface area contributed by atoms with Crippen LogP contribution in [0, 0.1) is 13.8 Å². The summed E-state index contributed by atoms with van der Waals surface area (Å²) in [5, 5.41) is 4.10. The van der Waals surface area contributed by atoms with Crippen molar-refractivity contribution < 1.29 is 4.79 Å². The third-order valence-electron chi connectivity index (χ3n) is 3.82. The number of thiazole rings is 1. The van der Waals surface area contributed by atoms with E-state index in [9.17, 15) is 4.79 Å². The first-order valence-electron chi connectivity index (χ1n) is 6.92. The van der Waals surface area contributed by atoms with E-state index in [1.165, 1.54) is 0 Å². The highest BCUT2D eigenvalue weighted by atomic mass is 32.1. The van der Waals surface area contributed by atoms with Crippen LogP contribution in [0.4, 0.5) is 0 Å². The third kappa shape index (κ3) is 3.54. The number of carbonyl (C=O) groups is 1. The lowest BCUT2D eigenvalue weighted by atomic mass is 9.94. The van der Waals surface area contributed by atoms with Crippen LogP contribution in [0.15, 0.2) is 0 Å². The van der Waals surface area contributed by atoms with Gasteiger partial charge in [0, 0.05) is 16.8 Å². The number of carbonyl (C=O) groups excluding carboxylic acids is 1. The zero-order valence-electron chi connectivity index (χ0n) is 12.0. The van der Waals surface area contributed by atoms with Gasteiger partial charge in [0.2, 0.25) is 5.91 Å². The molecule has 1 aromatic heterocycles. The molecule has 0 saturated heterocycles. The van der Waals surface area contributed by atoms with Gasteiger partial charge in [0.25, 0.3) is 0 Å². The summed E-state index contributed by atoms with van der Waals surface area (Å²) in [6.07, 6.45) is 4.66. The quantitative estimate of drug-likeness (QED) is 0.891. The molecule has 5 heteroatoms. The molecule has 106 valence electrons. The highest BCUT2D eigenvalue weighted by Gasteiger charge is 2.32. The van der Waals surface area contributed by atoms with Gasteiger partial charge in [-0.1, -0.05) is 12.8 Å². The number of hydrogen-bond donors (Lipinski definition) is 2. The van der Waals surface area contributed by atoms with Crippen molar-refractivity contribution in [3.63, 3.8) is 0 Å². The molecule has 2 rings (SSSR count). The van der Waals surface area contributed by atoms with E-state index in [0.717, 1.165) is 41.3 Å². The van der Waals surface area contributed by atoms with Crippen molar-refractivity contribution in [3.8, 4) is 0 Å². The second-order valence-corrected chi connectivity index (χ2v) is 6.95. The molecule has 3 N–H and O–H groups in total. The number of rotatable bonds is 4. The molecule has 1 saturated carbocycles.